The van der Waals surface area contributed by atoms with Gasteiger partial charge in [-0.25, -0.2) is 13.6 Å². The zero-order valence-electron chi connectivity index (χ0n) is 16.4. The molecule has 13 heteroatoms. The maximum atomic E-state index is 12.8. The van der Waals surface area contributed by atoms with Crippen LogP contribution in [0.3, 0.4) is 0 Å². The summed E-state index contributed by atoms with van der Waals surface area (Å²) in [4.78, 5) is 37.2. The van der Waals surface area contributed by atoms with Crippen LogP contribution in [0.4, 0.5) is 11.4 Å². The minimum absolute atomic E-state index is 0.105. The molecule has 1 aliphatic heterocycles. The number of benzene rings is 2. The monoisotopic (exact) mass is 492 g/mol. The first-order valence-corrected chi connectivity index (χ1v) is 11.7. The van der Waals surface area contributed by atoms with E-state index in [-0.39, 0.29) is 19.8 Å². The number of nitrogens with one attached hydrogen (secondary N) is 1. The number of nitrogens with zero attached hydrogens (tertiary/aromatic N) is 2. The molecule has 1 heterocycles. The standard InChI is InChI=1S/C19H16N4O6S3/c1-11(17(24)21-13-5-7-15(8-6-13)32(20,28)29)22-18(25)16(31-19(22)30)10-12-3-2-4-14(9-12)23(26)27/h2-11H,1H3,(H,21,24)(H2,20,28,29)/b16-10-. The number of hydrogen-bond acceptors (Lipinski definition) is 8. The number of primary sulfonamides is 1. The highest BCUT2D eigenvalue weighted by atomic mass is 32.2. The van der Waals surface area contributed by atoms with Crippen molar-refractivity contribution in [1.29, 1.82) is 0 Å². The van der Waals surface area contributed by atoms with Crippen LogP contribution in [-0.4, -0.2) is 40.4 Å². The second-order valence-corrected chi connectivity index (χ2v) is 9.88. The van der Waals surface area contributed by atoms with Gasteiger partial charge in [0.1, 0.15) is 10.4 Å². The molecule has 3 N–H and O–H groups in total. The van der Waals surface area contributed by atoms with E-state index in [9.17, 15) is 28.1 Å². The van der Waals surface area contributed by atoms with E-state index in [1.165, 1.54) is 55.5 Å². The highest BCUT2D eigenvalue weighted by Gasteiger charge is 2.38. The van der Waals surface area contributed by atoms with Gasteiger partial charge in [-0.3, -0.25) is 24.6 Å². The smallest absolute Gasteiger partial charge is 0.270 e. The molecule has 0 saturated carbocycles. The molecule has 0 spiro atoms. The average Bonchev–Trinajstić information content (AvgIpc) is 3.00. The number of rotatable bonds is 6. The van der Waals surface area contributed by atoms with Crippen LogP contribution in [-0.2, 0) is 19.6 Å². The van der Waals surface area contributed by atoms with Crippen molar-refractivity contribution >= 4 is 67.6 Å². The molecule has 32 heavy (non-hydrogen) atoms. The summed E-state index contributed by atoms with van der Waals surface area (Å²) in [5, 5.41) is 18.6. The molecular formula is C19H16N4O6S3. The van der Waals surface area contributed by atoms with Crippen molar-refractivity contribution < 1.29 is 22.9 Å². The van der Waals surface area contributed by atoms with E-state index in [2.05, 4.69) is 5.32 Å². The third-order valence-electron chi connectivity index (χ3n) is 4.42. The lowest BCUT2D eigenvalue weighted by Crippen LogP contribution is -2.44. The number of sulfonamides is 1. The molecule has 10 nitrogen and oxygen atoms in total. The highest BCUT2D eigenvalue weighted by molar-refractivity contribution is 8.26. The van der Waals surface area contributed by atoms with Crippen LogP contribution in [0.1, 0.15) is 12.5 Å². The molecule has 0 radical (unpaired) electrons. The maximum absolute atomic E-state index is 12.8. The van der Waals surface area contributed by atoms with Crippen molar-refractivity contribution in [2.75, 3.05) is 5.32 Å². The summed E-state index contributed by atoms with van der Waals surface area (Å²) in [6, 6.07) is 10.1. The quantitative estimate of drug-likeness (QED) is 0.270. The van der Waals surface area contributed by atoms with E-state index in [4.69, 9.17) is 17.4 Å². The summed E-state index contributed by atoms with van der Waals surface area (Å²) in [7, 11) is -3.86. The molecule has 1 unspecified atom stereocenters. The van der Waals surface area contributed by atoms with Crippen molar-refractivity contribution in [3.8, 4) is 0 Å². The summed E-state index contributed by atoms with van der Waals surface area (Å²) in [5.74, 6) is -1.04. The molecule has 1 fully saturated rings. The van der Waals surface area contributed by atoms with Crippen molar-refractivity contribution in [2.45, 2.75) is 17.9 Å². The highest BCUT2D eigenvalue weighted by Crippen LogP contribution is 2.34. The second-order valence-electron chi connectivity index (χ2n) is 6.64. The SMILES string of the molecule is CC(C(=O)Nc1ccc(S(N)(=O)=O)cc1)N1C(=O)/C(=C/c2cccc([N+](=O)[O-])c2)SC1=S. The van der Waals surface area contributed by atoms with Crippen molar-refractivity contribution in [2.24, 2.45) is 5.14 Å². The van der Waals surface area contributed by atoms with Gasteiger partial charge in [0.2, 0.25) is 15.9 Å². The van der Waals surface area contributed by atoms with Gasteiger partial charge in [-0.2, -0.15) is 0 Å². The number of nitro groups is 1. The zero-order chi connectivity index (χ0) is 23.6. The van der Waals surface area contributed by atoms with E-state index in [1.807, 2.05) is 0 Å². The molecule has 2 aromatic rings. The second kappa shape index (κ2) is 9.16. The first kappa shape index (κ1) is 23.5. The predicted molar refractivity (Wildman–Crippen MR) is 124 cm³/mol. The minimum Gasteiger partial charge on any atom is -0.324 e. The predicted octanol–water partition coefficient (Wildman–Crippen LogP) is 2.47. The number of thioether (sulfide) groups is 1. The van der Waals surface area contributed by atoms with E-state index in [0.29, 0.717) is 11.3 Å². The Kier molecular flexibility index (Phi) is 6.74. The first-order valence-electron chi connectivity index (χ1n) is 8.92. The van der Waals surface area contributed by atoms with Gasteiger partial charge in [0.25, 0.3) is 11.6 Å². The molecule has 0 aromatic heterocycles. The van der Waals surface area contributed by atoms with Gasteiger partial charge in [0.15, 0.2) is 0 Å². The fraction of sp³-hybridized carbons (Fsp3) is 0.105. The van der Waals surface area contributed by atoms with Gasteiger partial charge in [0, 0.05) is 17.8 Å². The number of anilines is 1. The Labute approximate surface area is 192 Å². The number of amides is 2. The molecular weight excluding hydrogens is 476 g/mol. The Morgan fingerprint density at radius 3 is 2.53 bits per heavy atom. The van der Waals surface area contributed by atoms with E-state index >= 15 is 0 Å². The molecule has 3 rings (SSSR count). The molecule has 0 bridgehead atoms. The third kappa shape index (κ3) is 5.19. The molecule has 1 aliphatic rings. The largest absolute Gasteiger partial charge is 0.324 e. The van der Waals surface area contributed by atoms with Crippen LogP contribution >= 0.6 is 24.0 Å². The van der Waals surface area contributed by atoms with Crippen molar-refractivity contribution in [3.05, 3.63) is 69.1 Å². The van der Waals surface area contributed by atoms with Gasteiger partial charge in [-0.1, -0.05) is 36.1 Å². The topological polar surface area (TPSA) is 153 Å². The van der Waals surface area contributed by atoms with E-state index in [0.717, 1.165) is 16.7 Å². The van der Waals surface area contributed by atoms with Gasteiger partial charge in [0.05, 0.1) is 14.7 Å². The zero-order valence-corrected chi connectivity index (χ0v) is 18.9. The Balaban J connectivity index is 1.75. The molecule has 1 atom stereocenters. The molecule has 2 amide bonds. The van der Waals surface area contributed by atoms with Crippen LogP contribution in [0.15, 0.2) is 58.3 Å². The average molecular weight is 493 g/mol. The van der Waals surface area contributed by atoms with Gasteiger partial charge in [-0.15, -0.1) is 0 Å². The summed E-state index contributed by atoms with van der Waals surface area (Å²) >= 11 is 6.24. The lowest BCUT2D eigenvalue weighted by molar-refractivity contribution is -0.384. The minimum atomic E-state index is -3.86. The Morgan fingerprint density at radius 1 is 1.28 bits per heavy atom. The molecule has 166 valence electrons. The van der Waals surface area contributed by atoms with Gasteiger partial charge in [-0.05, 0) is 42.8 Å². The van der Waals surface area contributed by atoms with Crippen molar-refractivity contribution in [3.63, 3.8) is 0 Å². The number of hydrogen-bond donors (Lipinski definition) is 2. The lowest BCUT2D eigenvalue weighted by atomic mass is 10.2. The first-order chi connectivity index (χ1) is 15.0. The van der Waals surface area contributed by atoms with Crippen LogP contribution in [0.25, 0.3) is 6.08 Å². The van der Waals surface area contributed by atoms with Gasteiger partial charge < -0.3 is 5.32 Å². The van der Waals surface area contributed by atoms with Crippen LogP contribution in [0, 0.1) is 10.1 Å². The summed E-state index contributed by atoms with van der Waals surface area (Å²) in [6.45, 7) is 1.50. The van der Waals surface area contributed by atoms with Gasteiger partial charge >= 0.3 is 0 Å². The van der Waals surface area contributed by atoms with Crippen LogP contribution < -0.4 is 10.5 Å². The fourth-order valence-electron chi connectivity index (χ4n) is 2.79. The molecule has 0 aliphatic carbocycles. The summed E-state index contributed by atoms with van der Waals surface area (Å²) in [6.07, 6.45) is 1.48. The number of non-ortho nitro benzene ring substituents is 1. The normalized spacial score (nSPS) is 16.3. The number of nitro benzene ring substituents is 1. The Bertz CT molecular complexity index is 1260. The third-order valence-corrected chi connectivity index (χ3v) is 6.68. The van der Waals surface area contributed by atoms with Crippen LogP contribution in [0.2, 0.25) is 0 Å². The number of nitrogens with two attached hydrogens (primary N) is 1. The summed E-state index contributed by atoms with van der Waals surface area (Å²) < 4.78 is 22.8. The summed E-state index contributed by atoms with van der Waals surface area (Å²) in [5.41, 5.74) is 0.647. The lowest BCUT2D eigenvalue weighted by Gasteiger charge is -2.22. The number of carbonyl (C=O) groups is 2. The fourth-order valence-corrected chi connectivity index (χ4v) is 4.72. The maximum Gasteiger partial charge on any atom is 0.270 e. The number of thiocarbonyl (C=S) groups is 1. The van der Waals surface area contributed by atoms with Crippen molar-refractivity contribution in [1.82, 2.24) is 4.90 Å². The van der Waals surface area contributed by atoms with Crippen LogP contribution in [0.5, 0.6) is 0 Å². The molecule has 1 saturated heterocycles. The number of carbonyl (C=O) groups excluding carboxylic acids is 2. The Hall–Kier alpha value is -3.13. The van der Waals surface area contributed by atoms with E-state index in [1.54, 1.807) is 6.07 Å². The Morgan fingerprint density at radius 2 is 1.94 bits per heavy atom. The van der Waals surface area contributed by atoms with E-state index < -0.39 is 32.8 Å². The molecule has 2 aromatic carbocycles.